The molecule has 50 valence electrons. The summed E-state index contributed by atoms with van der Waals surface area (Å²) in [7, 11) is 3.56. The maximum absolute atomic E-state index is 5.31. The third-order valence-electron chi connectivity index (χ3n) is 1.64. The molecule has 3 heteroatoms. The van der Waals surface area contributed by atoms with Gasteiger partial charge in [-0.05, 0) is 0 Å². The van der Waals surface area contributed by atoms with Gasteiger partial charge in [-0.15, -0.1) is 0 Å². The molecule has 0 amide bonds. The summed E-state index contributed by atoms with van der Waals surface area (Å²) in [6.07, 6.45) is 3.25. The Morgan fingerprint density at radius 2 is 2.33 bits per heavy atom. The predicted molar refractivity (Wildman–Crippen MR) is 37.3 cm³/mol. The van der Waals surface area contributed by atoms with Crippen molar-refractivity contribution < 1.29 is 7.59 Å². The van der Waals surface area contributed by atoms with Gasteiger partial charge < -0.3 is 0 Å². The van der Waals surface area contributed by atoms with E-state index in [0.29, 0.717) is 3.86 Å². The van der Waals surface area contributed by atoms with Crippen LogP contribution in [0, 0.1) is 0 Å². The van der Waals surface area contributed by atoms with Crippen molar-refractivity contribution in [3.8, 4) is 0 Å². The van der Waals surface area contributed by atoms with E-state index in [9.17, 15) is 0 Å². The molecule has 0 aromatic carbocycles. The van der Waals surface area contributed by atoms with Crippen molar-refractivity contribution >= 4 is 21.9 Å². The second kappa shape index (κ2) is 3.64. The first-order valence-corrected chi connectivity index (χ1v) is 8.26. The molecule has 1 aliphatic rings. The molecule has 9 heavy (non-hydrogen) atoms. The Balaban J connectivity index is 2.39. The molecule has 0 N–H and O–H groups in total. The van der Waals surface area contributed by atoms with Crippen LogP contribution in [0.4, 0.5) is 0 Å². The van der Waals surface area contributed by atoms with Gasteiger partial charge in [0.15, 0.2) is 0 Å². The van der Waals surface area contributed by atoms with E-state index in [1.54, 1.807) is 14.2 Å². The van der Waals surface area contributed by atoms with E-state index < -0.39 is 21.9 Å². The van der Waals surface area contributed by atoms with Crippen LogP contribution in [0.3, 0.4) is 0 Å². The molecule has 1 unspecified atom stereocenters. The van der Waals surface area contributed by atoms with E-state index in [2.05, 4.69) is 9.91 Å². The standard InChI is InChI=1S/C5H8O.CH3O.In/c1-3-4-5-6-2;1-2;/h1,3,5H,4H2,2H3;1H3;/q;-1;+1. The van der Waals surface area contributed by atoms with Crippen LogP contribution in [0.1, 0.15) is 6.42 Å². The summed E-state index contributed by atoms with van der Waals surface area (Å²) >= 11 is -1.72. The minimum atomic E-state index is -1.72. The van der Waals surface area contributed by atoms with Gasteiger partial charge in [0.05, 0.1) is 0 Å². The van der Waals surface area contributed by atoms with Gasteiger partial charge in [0.25, 0.3) is 0 Å². The van der Waals surface area contributed by atoms with E-state index in [1.807, 2.05) is 0 Å². The third-order valence-corrected chi connectivity index (χ3v) is 8.69. The predicted octanol–water partition coefficient (Wildman–Crippen LogP) is 0.678. The number of rotatable bonds is 2. The van der Waals surface area contributed by atoms with Crippen molar-refractivity contribution in [2.45, 2.75) is 10.3 Å². The second-order valence-corrected chi connectivity index (χ2v) is 9.36. The summed E-state index contributed by atoms with van der Waals surface area (Å²) in [5, 5.41) is 0. The van der Waals surface area contributed by atoms with Gasteiger partial charge in [-0.2, -0.15) is 0 Å². The third kappa shape index (κ3) is 1.72. The van der Waals surface area contributed by atoms with E-state index in [0.717, 1.165) is 6.42 Å². The van der Waals surface area contributed by atoms with Crippen LogP contribution in [0.15, 0.2) is 9.91 Å². The molecule has 1 heterocycles. The second-order valence-electron chi connectivity index (χ2n) is 2.14. The fourth-order valence-corrected chi connectivity index (χ4v) is 6.28. The topological polar surface area (TPSA) is 18.5 Å². The Hall–Kier alpha value is 0.530. The van der Waals surface area contributed by atoms with Crippen molar-refractivity contribution in [2.24, 2.45) is 0 Å². The van der Waals surface area contributed by atoms with Gasteiger partial charge in [0.1, 0.15) is 0 Å². The van der Waals surface area contributed by atoms with Crippen LogP contribution < -0.4 is 0 Å². The molecule has 0 aromatic rings. The molecule has 0 saturated heterocycles. The van der Waals surface area contributed by atoms with Gasteiger partial charge in [-0.25, -0.2) is 0 Å². The van der Waals surface area contributed by atoms with Gasteiger partial charge >= 0.3 is 63.9 Å². The van der Waals surface area contributed by atoms with Crippen LogP contribution in [0.25, 0.3) is 0 Å². The van der Waals surface area contributed by atoms with Crippen molar-refractivity contribution in [1.29, 1.82) is 0 Å². The zero-order valence-corrected chi connectivity index (χ0v) is 9.13. The maximum atomic E-state index is 5.31. The number of methoxy groups -OCH3 is 1. The van der Waals surface area contributed by atoms with Crippen LogP contribution in [0.5, 0.6) is 0 Å². The van der Waals surface area contributed by atoms with Gasteiger partial charge in [-0.3, -0.25) is 0 Å². The normalized spacial score (nSPS) is 25.6. The summed E-state index contributed by atoms with van der Waals surface area (Å²) in [6.45, 7) is 0. The van der Waals surface area contributed by atoms with Crippen molar-refractivity contribution in [1.82, 2.24) is 0 Å². The number of ether oxygens (including phenoxy) is 1. The molecule has 0 bridgehead atoms. The Labute approximate surface area is 64.0 Å². The molecule has 1 aliphatic heterocycles. The molecule has 0 aliphatic carbocycles. The van der Waals surface area contributed by atoms with Gasteiger partial charge in [0.2, 0.25) is 0 Å². The zero-order valence-electron chi connectivity index (χ0n) is 5.83. The summed E-state index contributed by atoms with van der Waals surface area (Å²) in [5.41, 5.74) is 0. The van der Waals surface area contributed by atoms with Crippen molar-refractivity contribution in [3.05, 3.63) is 9.91 Å². The van der Waals surface area contributed by atoms with E-state index in [4.69, 9.17) is 7.59 Å². The molecule has 0 spiro atoms. The number of hydrogen-bond acceptors (Lipinski definition) is 2. The summed E-state index contributed by atoms with van der Waals surface area (Å²) in [4.78, 5) is 0. The van der Waals surface area contributed by atoms with Gasteiger partial charge in [0, 0.05) is 0 Å². The Bertz CT molecular complexity index is 114. The Kier molecular flexibility index (Phi) is 3.09. The van der Waals surface area contributed by atoms with Crippen molar-refractivity contribution in [2.75, 3.05) is 14.2 Å². The average molecular weight is 230 g/mol. The molecular formula is C6H11InO2. The summed E-state index contributed by atoms with van der Waals surface area (Å²) in [5.74, 6) is 0. The fourth-order valence-electron chi connectivity index (χ4n) is 1.07. The molecule has 0 fully saturated rings. The monoisotopic (exact) mass is 230 g/mol. The van der Waals surface area contributed by atoms with E-state index >= 15 is 0 Å². The molecule has 1 atom stereocenters. The SMILES string of the molecule is CO[CH]1CC=[CH][In]1[O]C. The quantitative estimate of drug-likeness (QED) is 0.694. The van der Waals surface area contributed by atoms with E-state index in [1.165, 1.54) is 0 Å². The molecule has 2 nitrogen and oxygen atoms in total. The number of hydrogen-bond donors (Lipinski definition) is 0. The van der Waals surface area contributed by atoms with Crippen LogP contribution in [-0.4, -0.2) is 40.0 Å². The Morgan fingerprint density at radius 1 is 1.56 bits per heavy atom. The van der Waals surface area contributed by atoms with Gasteiger partial charge in [-0.1, -0.05) is 0 Å². The molecule has 1 rings (SSSR count). The van der Waals surface area contributed by atoms with E-state index in [-0.39, 0.29) is 0 Å². The van der Waals surface area contributed by atoms with Crippen molar-refractivity contribution in [3.63, 3.8) is 0 Å². The first-order valence-electron chi connectivity index (χ1n) is 3.10. The molecule has 0 saturated carbocycles. The zero-order chi connectivity index (χ0) is 6.69. The molecular weight excluding hydrogens is 219 g/mol. The molecule has 0 radical (unpaired) electrons. The minimum absolute atomic E-state index is 0.455. The first kappa shape index (κ1) is 7.64. The summed E-state index contributed by atoms with van der Waals surface area (Å²) in [6, 6.07) is 0. The first-order chi connectivity index (χ1) is 4.38. The van der Waals surface area contributed by atoms with Crippen LogP contribution in [-0.2, 0) is 7.59 Å². The average Bonchev–Trinajstić information content (AvgIpc) is 2.33. The summed E-state index contributed by atoms with van der Waals surface area (Å²) < 4.78 is 13.2. The van der Waals surface area contributed by atoms with Crippen LogP contribution in [0.2, 0.25) is 0 Å². The van der Waals surface area contributed by atoms with Crippen LogP contribution >= 0.6 is 0 Å². The Morgan fingerprint density at radius 3 is 2.78 bits per heavy atom. The molecule has 0 aromatic heterocycles. The fraction of sp³-hybridized carbons (Fsp3) is 0.667.